The van der Waals surface area contributed by atoms with Gasteiger partial charge in [0.2, 0.25) is 0 Å². The molecule has 0 bridgehead atoms. The van der Waals surface area contributed by atoms with E-state index in [0.717, 1.165) is 0 Å². The summed E-state index contributed by atoms with van der Waals surface area (Å²) >= 11 is 0. The second kappa shape index (κ2) is 15.8. The van der Waals surface area contributed by atoms with Crippen LogP contribution in [0.4, 0.5) is 0 Å². The second-order valence-electron chi connectivity index (χ2n) is 3.11. The average molecular weight is 335 g/mol. The Kier molecular flexibility index (Phi) is 18.0. The molecular formula is C12H16Cl2N4O3. The lowest BCUT2D eigenvalue weighted by Crippen LogP contribution is -3.00. The molecule has 0 aliphatic rings. The molecule has 116 valence electrons. The van der Waals surface area contributed by atoms with Gasteiger partial charge in [0, 0.05) is 0 Å². The first kappa shape index (κ1) is 23.8. The van der Waals surface area contributed by atoms with Crippen molar-refractivity contribution >= 4 is 12.7 Å². The molecule has 0 amide bonds. The van der Waals surface area contributed by atoms with Gasteiger partial charge in [0.1, 0.15) is 10.3 Å². The van der Waals surface area contributed by atoms with Crippen LogP contribution in [0.5, 0.6) is 0 Å². The van der Waals surface area contributed by atoms with Crippen LogP contribution >= 0.6 is 0 Å². The van der Waals surface area contributed by atoms with E-state index >= 15 is 0 Å². The van der Waals surface area contributed by atoms with Crippen molar-refractivity contribution in [3.8, 4) is 0 Å². The van der Waals surface area contributed by atoms with Crippen molar-refractivity contribution in [3.05, 3.63) is 61.2 Å². The molecule has 21 heavy (non-hydrogen) atoms. The van der Waals surface area contributed by atoms with E-state index in [1.807, 2.05) is 36.4 Å². The van der Waals surface area contributed by atoms with E-state index in [1.165, 1.54) is 12.7 Å². The zero-order valence-corrected chi connectivity index (χ0v) is 12.4. The zero-order chi connectivity index (χ0) is 13.1. The highest BCUT2D eigenvalue weighted by molar-refractivity contribution is 5.41. The van der Waals surface area contributed by atoms with Crippen LogP contribution in [0.1, 0.15) is 0 Å². The lowest BCUT2D eigenvalue weighted by Gasteiger charge is -1.82. The van der Waals surface area contributed by atoms with Gasteiger partial charge in [-0.2, -0.15) is 0 Å². The molecule has 2 rings (SSSR count). The summed E-state index contributed by atoms with van der Waals surface area (Å²) in [7, 11) is 0. The van der Waals surface area contributed by atoms with E-state index in [1.54, 1.807) is 33.9 Å². The number of halogens is 2. The Hall–Kier alpha value is -2.22. The Bertz CT molecular complexity index is 451. The maximum atomic E-state index is 8.07. The van der Waals surface area contributed by atoms with Crippen molar-refractivity contribution in [2.75, 3.05) is 0 Å². The van der Waals surface area contributed by atoms with Crippen LogP contribution in [-0.2, 0) is 0 Å². The van der Waals surface area contributed by atoms with E-state index in [0.29, 0.717) is 0 Å². The summed E-state index contributed by atoms with van der Waals surface area (Å²) in [6.07, 6.45) is 9.72. The molecule has 0 fully saturated rings. The molecule has 0 spiro atoms. The number of pyridine rings is 2. The second-order valence-corrected chi connectivity index (χ2v) is 3.11. The van der Waals surface area contributed by atoms with Crippen molar-refractivity contribution in [1.29, 1.82) is 0 Å². The van der Waals surface area contributed by atoms with E-state index in [2.05, 4.69) is 10.3 Å². The Morgan fingerprint density at radius 3 is 1.14 bits per heavy atom. The normalized spacial score (nSPS) is 8.76. The molecule has 0 aromatic carbocycles. The fourth-order valence-corrected chi connectivity index (χ4v) is 1.10. The van der Waals surface area contributed by atoms with Gasteiger partial charge >= 0.3 is 12.7 Å². The first-order chi connectivity index (χ1) is 8.86. The van der Waals surface area contributed by atoms with Gasteiger partial charge < -0.3 is 40.7 Å². The summed E-state index contributed by atoms with van der Waals surface area (Å²) < 4.78 is 3.28. The van der Waals surface area contributed by atoms with Gasteiger partial charge in [-0.3, -0.25) is 0 Å². The first-order valence-electron chi connectivity index (χ1n) is 5.13. The molecule has 2 aromatic rings. The van der Waals surface area contributed by atoms with Gasteiger partial charge in [0.15, 0.2) is 0 Å². The molecule has 0 unspecified atom stereocenters. The summed E-state index contributed by atoms with van der Waals surface area (Å²) in [6.45, 7) is 0. The summed E-state index contributed by atoms with van der Waals surface area (Å²) in [5.74, 6) is 0. The van der Waals surface area contributed by atoms with E-state index < -0.39 is 0 Å². The Morgan fingerprint density at radius 2 is 0.905 bits per heavy atom. The third-order valence-electron chi connectivity index (χ3n) is 1.85. The Morgan fingerprint density at radius 1 is 0.619 bits per heavy atom. The highest BCUT2D eigenvalue weighted by Gasteiger charge is 1.85. The minimum atomic E-state index is 0. The Labute approximate surface area is 134 Å². The maximum Gasteiger partial charge on any atom is 0.338 e. The number of hydrogen-bond acceptors (Lipinski definition) is 4. The van der Waals surface area contributed by atoms with Gasteiger partial charge in [-0.1, -0.05) is 12.1 Å². The van der Waals surface area contributed by atoms with Gasteiger partial charge in [-0.15, -0.1) is 0 Å². The highest BCUT2D eigenvalue weighted by Crippen LogP contribution is 1.73. The number of oxime groups is 2. The summed E-state index contributed by atoms with van der Waals surface area (Å²) in [6, 6.07) is 11.2. The van der Waals surface area contributed by atoms with Crippen molar-refractivity contribution in [2.24, 2.45) is 10.3 Å². The largest absolute Gasteiger partial charge is 1.00 e. The molecule has 0 atom stereocenters. The van der Waals surface area contributed by atoms with Gasteiger partial charge in [0.25, 0.3) is 0 Å². The molecular weight excluding hydrogens is 319 g/mol. The maximum absolute atomic E-state index is 8.07. The zero-order valence-electron chi connectivity index (χ0n) is 10.9. The minimum Gasteiger partial charge on any atom is -1.00 e. The number of aromatic nitrogens is 2. The van der Waals surface area contributed by atoms with Gasteiger partial charge in [-0.25, -0.2) is 9.13 Å². The van der Waals surface area contributed by atoms with E-state index in [-0.39, 0.29) is 30.3 Å². The van der Waals surface area contributed by atoms with Crippen LogP contribution < -0.4 is 33.9 Å². The predicted molar refractivity (Wildman–Crippen MR) is 68.2 cm³/mol. The molecule has 2 aromatic heterocycles. The smallest absolute Gasteiger partial charge is 0.338 e. The lowest BCUT2D eigenvalue weighted by atomic mass is 10.5. The van der Waals surface area contributed by atoms with Crippen molar-refractivity contribution < 1.29 is 49.8 Å². The fraction of sp³-hybridized carbons (Fsp3) is 0. The summed E-state index contributed by atoms with van der Waals surface area (Å²) in [4.78, 5) is 0. The van der Waals surface area contributed by atoms with Gasteiger partial charge in [-0.05, 0) is 24.3 Å². The molecule has 9 heteroatoms. The topological polar surface area (TPSA) is 104 Å². The van der Waals surface area contributed by atoms with Crippen LogP contribution in [0, 0.1) is 0 Å². The molecule has 7 nitrogen and oxygen atoms in total. The molecule has 0 aliphatic carbocycles. The first-order valence-corrected chi connectivity index (χ1v) is 5.13. The molecule has 2 heterocycles. The SMILES string of the molecule is O.ON=C[n+]1ccccc1.ON=C[n+]1ccccc1.[Cl-].[Cl-]. The number of hydrogen-bond donors (Lipinski definition) is 2. The third kappa shape index (κ3) is 11.3. The summed E-state index contributed by atoms with van der Waals surface area (Å²) in [5.41, 5.74) is 0. The van der Waals surface area contributed by atoms with Crippen LogP contribution in [0.15, 0.2) is 71.5 Å². The number of rotatable bonds is 2. The minimum absolute atomic E-state index is 0. The van der Waals surface area contributed by atoms with Crippen LogP contribution in [0.3, 0.4) is 0 Å². The third-order valence-corrected chi connectivity index (χ3v) is 1.85. The van der Waals surface area contributed by atoms with E-state index in [4.69, 9.17) is 10.4 Å². The van der Waals surface area contributed by atoms with Crippen molar-refractivity contribution in [1.82, 2.24) is 0 Å². The molecule has 0 radical (unpaired) electrons. The average Bonchev–Trinajstić information content (AvgIpc) is 2.43. The summed E-state index contributed by atoms with van der Waals surface area (Å²) in [5, 5.41) is 21.8. The van der Waals surface area contributed by atoms with Crippen LogP contribution in [0.2, 0.25) is 0 Å². The van der Waals surface area contributed by atoms with Crippen LogP contribution in [-0.4, -0.2) is 28.6 Å². The molecule has 4 N–H and O–H groups in total. The monoisotopic (exact) mass is 334 g/mol. The van der Waals surface area contributed by atoms with Crippen molar-refractivity contribution in [2.45, 2.75) is 0 Å². The van der Waals surface area contributed by atoms with Crippen molar-refractivity contribution in [3.63, 3.8) is 0 Å². The Balaban J connectivity index is -0.000000270. The van der Waals surface area contributed by atoms with Crippen LogP contribution in [0.25, 0.3) is 0 Å². The molecule has 0 saturated carbocycles. The molecule has 0 saturated heterocycles. The van der Waals surface area contributed by atoms with E-state index in [9.17, 15) is 0 Å². The molecule has 0 aliphatic heterocycles. The predicted octanol–water partition coefficient (Wildman–Crippen LogP) is -6.34. The standard InChI is InChI=1S/2C6H6N2O.2ClH.H2O/c2*9-7-6-8-4-2-1-3-5-8;;;/h2*1-6H;2*1H;1H2. The fourth-order valence-electron chi connectivity index (χ4n) is 1.10. The quantitative estimate of drug-likeness (QED) is 0.187. The van der Waals surface area contributed by atoms with Gasteiger partial charge in [0.05, 0.1) is 24.8 Å². The lowest BCUT2D eigenvalue weighted by molar-refractivity contribution is -0.547. The highest BCUT2D eigenvalue weighted by atomic mass is 35.5. The number of nitrogens with zero attached hydrogens (tertiary/aromatic N) is 4.